The molecule has 2 N–H and O–H groups in total. The van der Waals surface area contributed by atoms with Gasteiger partial charge in [0.1, 0.15) is 5.75 Å². The summed E-state index contributed by atoms with van der Waals surface area (Å²) in [5.74, 6) is -0.0539. The zero-order valence-electron chi connectivity index (χ0n) is 16.9. The van der Waals surface area contributed by atoms with Gasteiger partial charge in [0.2, 0.25) is 11.8 Å². The Labute approximate surface area is 173 Å². The second-order valence-electron chi connectivity index (χ2n) is 6.58. The van der Waals surface area contributed by atoms with Gasteiger partial charge in [0, 0.05) is 11.4 Å². The number of carbonyl (C=O) groups is 2. The van der Waals surface area contributed by atoms with Crippen LogP contribution in [0.15, 0.2) is 48.5 Å². The molecule has 0 spiro atoms. The van der Waals surface area contributed by atoms with Crippen molar-refractivity contribution in [1.82, 2.24) is 4.90 Å². The number of likely N-dealkylation sites (N-methyl/N-ethyl adjacent to an activating group) is 1. The molecular weight excluding hydrogens is 399 g/mol. The van der Waals surface area contributed by atoms with E-state index in [1.165, 1.54) is 12.1 Å². The van der Waals surface area contributed by atoms with Crippen LogP contribution in [0.2, 0.25) is 0 Å². The van der Waals surface area contributed by atoms with Crippen molar-refractivity contribution in [2.24, 2.45) is 0 Å². The number of rotatable bonds is 8. The summed E-state index contributed by atoms with van der Waals surface area (Å²) in [6.45, 7) is 3.84. The van der Waals surface area contributed by atoms with Crippen molar-refractivity contribution in [1.29, 1.82) is 0 Å². The first kappa shape index (κ1) is 23.2. The molecule has 0 unspecified atom stereocenters. The lowest BCUT2D eigenvalue weighted by molar-refractivity contribution is -0.137. The van der Waals surface area contributed by atoms with Gasteiger partial charge < -0.3 is 15.4 Å². The average molecular weight is 423 g/mol. The molecule has 0 saturated carbocycles. The molecule has 30 heavy (non-hydrogen) atoms. The molecule has 0 heterocycles. The molecule has 162 valence electrons. The highest BCUT2D eigenvalue weighted by Gasteiger charge is 2.30. The summed E-state index contributed by atoms with van der Waals surface area (Å²) in [6, 6.07) is 10.4. The van der Waals surface area contributed by atoms with Crippen LogP contribution in [0, 0.1) is 0 Å². The maximum Gasteiger partial charge on any atom is 0.416 e. The Kier molecular flexibility index (Phi) is 7.82. The van der Waals surface area contributed by atoms with Crippen molar-refractivity contribution in [3.8, 4) is 5.75 Å². The minimum absolute atomic E-state index is 0.0237. The van der Waals surface area contributed by atoms with E-state index < -0.39 is 23.7 Å². The Bertz CT molecular complexity index is 853. The van der Waals surface area contributed by atoms with E-state index in [9.17, 15) is 22.8 Å². The van der Waals surface area contributed by atoms with Crippen LogP contribution in [0.4, 0.5) is 24.5 Å². The number of alkyl halides is 3. The zero-order chi connectivity index (χ0) is 22.3. The number of halogens is 3. The molecule has 0 bridgehead atoms. The van der Waals surface area contributed by atoms with Crippen molar-refractivity contribution in [3.05, 3.63) is 54.1 Å². The van der Waals surface area contributed by atoms with E-state index in [2.05, 4.69) is 10.6 Å². The monoisotopic (exact) mass is 423 g/mol. The molecule has 0 aliphatic heterocycles. The van der Waals surface area contributed by atoms with Crippen molar-refractivity contribution >= 4 is 23.2 Å². The van der Waals surface area contributed by atoms with E-state index in [0.717, 1.165) is 12.1 Å². The Hall–Kier alpha value is -3.07. The number of anilines is 2. The summed E-state index contributed by atoms with van der Waals surface area (Å²) in [7, 11) is 1.55. The predicted octanol–water partition coefficient (Wildman–Crippen LogP) is 4.00. The third kappa shape index (κ3) is 6.48. The Morgan fingerprint density at radius 2 is 1.53 bits per heavy atom. The van der Waals surface area contributed by atoms with E-state index in [1.807, 2.05) is 6.92 Å². The van der Waals surface area contributed by atoms with Crippen molar-refractivity contribution in [2.75, 3.05) is 30.8 Å². The van der Waals surface area contributed by atoms with E-state index in [-0.39, 0.29) is 18.1 Å². The molecule has 0 aliphatic carbocycles. The highest BCUT2D eigenvalue weighted by Crippen LogP contribution is 2.29. The molecule has 6 nitrogen and oxygen atoms in total. The van der Waals surface area contributed by atoms with E-state index in [0.29, 0.717) is 18.0 Å². The maximum absolute atomic E-state index is 12.6. The molecule has 0 radical (unpaired) electrons. The van der Waals surface area contributed by atoms with Gasteiger partial charge in [-0.15, -0.1) is 0 Å². The lowest BCUT2D eigenvalue weighted by Gasteiger charge is -2.26. The average Bonchev–Trinajstić information content (AvgIpc) is 2.71. The SMILES string of the molecule is CCN(CC(=O)Nc1ccc(OC)cc1)[C@@H](C)C(=O)Nc1ccc(C(F)(F)F)cc1. The minimum Gasteiger partial charge on any atom is -0.497 e. The van der Waals surface area contributed by atoms with Crippen LogP contribution in [0.3, 0.4) is 0 Å². The molecule has 2 aromatic carbocycles. The lowest BCUT2D eigenvalue weighted by atomic mass is 10.2. The molecule has 9 heteroatoms. The molecule has 2 amide bonds. The summed E-state index contributed by atoms with van der Waals surface area (Å²) < 4.78 is 43.0. The molecule has 2 rings (SSSR count). The molecule has 0 saturated heterocycles. The van der Waals surface area contributed by atoms with Crippen molar-refractivity contribution in [2.45, 2.75) is 26.1 Å². The highest BCUT2D eigenvalue weighted by molar-refractivity contribution is 5.96. The fourth-order valence-corrected chi connectivity index (χ4v) is 2.74. The zero-order valence-corrected chi connectivity index (χ0v) is 16.9. The number of benzene rings is 2. The van der Waals surface area contributed by atoms with Crippen LogP contribution in [-0.4, -0.2) is 43.0 Å². The van der Waals surface area contributed by atoms with Crippen molar-refractivity contribution < 1.29 is 27.5 Å². The quantitative estimate of drug-likeness (QED) is 0.673. The maximum atomic E-state index is 12.6. The molecule has 0 aromatic heterocycles. The lowest BCUT2D eigenvalue weighted by Crippen LogP contribution is -2.45. The van der Waals surface area contributed by atoms with Gasteiger partial charge in [-0.05, 0) is 62.0 Å². The Morgan fingerprint density at radius 3 is 2.03 bits per heavy atom. The molecule has 0 fully saturated rings. The molecule has 1 atom stereocenters. The molecule has 2 aromatic rings. The minimum atomic E-state index is -4.44. The van der Waals surface area contributed by atoms with Gasteiger partial charge in [-0.25, -0.2) is 0 Å². The molecule has 0 aliphatic rings. The van der Waals surface area contributed by atoms with Gasteiger partial charge in [0.25, 0.3) is 0 Å². The number of nitrogens with one attached hydrogen (secondary N) is 2. The summed E-state index contributed by atoms with van der Waals surface area (Å²) in [4.78, 5) is 26.5. The first-order valence-corrected chi connectivity index (χ1v) is 9.30. The van der Waals surface area contributed by atoms with Gasteiger partial charge in [0.05, 0.1) is 25.3 Å². The van der Waals surface area contributed by atoms with Gasteiger partial charge in [-0.1, -0.05) is 6.92 Å². The topological polar surface area (TPSA) is 70.7 Å². The number of nitrogens with zero attached hydrogens (tertiary/aromatic N) is 1. The number of carbonyl (C=O) groups excluding carboxylic acids is 2. The van der Waals surface area contributed by atoms with Crippen LogP contribution in [0.25, 0.3) is 0 Å². The number of methoxy groups -OCH3 is 1. The van der Waals surface area contributed by atoms with Crippen molar-refractivity contribution in [3.63, 3.8) is 0 Å². The van der Waals surface area contributed by atoms with E-state index >= 15 is 0 Å². The number of amides is 2. The third-order valence-corrected chi connectivity index (χ3v) is 4.53. The standard InChI is InChI=1S/C21H24F3N3O3/c1-4-27(13-19(28)25-16-9-11-18(30-3)12-10-16)14(2)20(29)26-17-7-5-15(6-8-17)21(22,23)24/h5-12,14H,4,13H2,1-3H3,(H,25,28)(H,26,29)/t14-/m0/s1. The van der Waals surface area contributed by atoms with Crippen LogP contribution in [0.1, 0.15) is 19.4 Å². The summed E-state index contributed by atoms with van der Waals surface area (Å²) >= 11 is 0. The normalized spacial score (nSPS) is 12.4. The van der Waals surface area contributed by atoms with E-state index in [4.69, 9.17) is 4.74 Å². The Morgan fingerprint density at radius 1 is 1.00 bits per heavy atom. The fraction of sp³-hybridized carbons (Fsp3) is 0.333. The second-order valence-corrected chi connectivity index (χ2v) is 6.58. The molecular formula is C21H24F3N3O3. The Balaban J connectivity index is 1.94. The van der Waals surface area contributed by atoms with E-state index in [1.54, 1.807) is 43.2 Å². The first-order valence-electron chi connectivity index (χ1n) is 9.30. The second kappa shape index (κ2) is 10.1. The smallest absolute Gasteiger partial charge is 0.416 e. The predicted molar refractivity (Wildman–Crippen MR) is 108 cm³/mol. The third-order valence-electron chi connectivity index (χ3n) is 4.53. The van der Waals surface area contributed by atoms with Gasteiger partial charge >= 0.3 is 6.18 Å². The summed E-state index contributed by atoms with van der Waals surface area (Å²) in [5, 5.41) is 5.32. The van der Waals surface area contributed by atoms with Gasteiger partial charge in [-0.2, -0.15) is 13.2 Å². The number of ether oxygens (including phenoxy) is 1. The number of hydrogen-bond donors (Lipinski definition) is 2. The van der Waals surface area contributed by atoms with Gasteiger partial charge in [0.15, 0.2) is 0 Å². The fourth-order valence-electron chi connectivity index (χ4n) is 2.74. The first-order chi connectivity index (χ1) is 14.1. The van der Waals surface area contributed by atoms with Gasteiger partial charge in [-0.3, -0.25) is 14.5 Å². The summed E-state index contributed by atoms with van der Waals surface area (Å²) in [6.07, 6.45) is -4.44. The largest absolute Gasteiger partial charge is 0.497 e. The van der Waals surface area contributed by atoms with Crippen LogP contribution in [-0.2, 0) is 15.8 Å². The highest BCUT2D eigenvalue weighted by atomic mass is 19.4. The number of hydrogen-bond acceptors (Lipinski definition) is 4. The van der Waals surface area contributed by atoms with Crippen LogP contribution in [0.5, 0.6) is 5.75 Å². The van der Waals surface area contributed by atoms with Crippen LogP contribution >= 0.6 is 0 Å². The summed E-state index contributed by atoms with van der Waals surface area (Å²) in [5.41, 5.74) is 0.0521. The van der Waals surface area contributed by atoms with Crippen LogP contribution < -0.4 is 15.4 Å².